The second-order valence-electron chi connectivity index (χ2n) is 3.54. The van der Waals surface area contributed by atoms with Crippen LogP contribution in [0.2, 0.25) is 0 Å². The smallest absolute Gasteiger partial charge is 0.243 e. The van der Waals surface area contributed by atoms with Crippen molar-refractivity contribution in [1.82, 2.24) is 15.5 Å². The van der Waals surface area contributed by atoms with Gasteiger partial charge in [0.2, 0.25) is 5.89 Å². The first kappa shape index (κ1) is 10.5. The van der Waals surface area contributed by atoms with Gasteiger partial charge in [-0.1, -0.05) is 5.16 Å². The molecule has 0 saturated carbocycles. The molecule has 0 unspecified atom stereocenters. The van der Waals surface area contributed by atoms with E-state index in [1.807, 2.05) is 0 Å². The molecule has 0 aliphatic carbocycles. The van der Waals surface area contributed by atoms with Crippen molar-refractivity contribution in [3.8, 4) is 0 Å². The van der Waals surface area contributed by atoms with Gasteiger partial charge in [0.25, 0.3) is 0 Å². The third kappa shape index (κ3) is 2.34. The van der Waals surface area contributed by atoms with Gasteiger partial charge in [-0.05, 0) is 6.42 Å². The highest BCUT2D eigenvalue weighted by Crippen LogP contribution is 2.23. The Kier molecular flexibility index (Phi) is 3.30. The standard InChI is InChI=1S/C9H15N3O3/c1-13-5-8-11-9(15-12-8)7-3-6(14-2)4-10-7/h6-7,10H,3-5H2,1-2H3/t6-,7+/m0/s1. The van der Waals surface area contributed by atoms with Crippen molar-refractivity contribution in [2.24, 2.45) is 0 Å². The number of rotatable bonds is 4. The van der Waals surface area contributed by atoms with Crippen molar-refractivity contribution in [3.63, 3.8) is 0 Å². The number of methoxy groups -OCH3 is 2. The molecule has 1 N–H and O–H groups in total. The van der Waals surface area contributed by atoms with E-state index < -0.39 is 0 Å². The molecule has 2 atom stereocenters. The van der Waals surface area contributed by atoms with E-state index in [4.69, 9.17) is 14.0 Å². The second kappa shape index (κ2) is 4.69. The van der Waals surface area contributed by atoms with Crippen LogP contribution in [-0.2, 0) is 16.1 Å². The monoisotopic (exact) mass is 213 g/mol. The van der Waals surface area contributed by atoms with Gasteiger partial charge in [0.1, 0.15) is 6.61 Å². The molecule has 0 spiro atoms. The maximum Gasteiger partial charge on any atom is 0.243 e. The van der Waals surface area contributed by atoms with Gasteiger partial charge in [0, 0.05) is 20.8 Å². The quantitative estimate of drug-likeness (QED) is 0.774. The Labute approximate surface area is 87.9 Å². The molecule has 1 aromatic rings. The Morgan fingerprint density at radius 3 is 3.07 bits per heavy atom. The van der Waals surface area contributed by atoms with Crippen LogP contribution in [-0.4, -0.2) is 37.0 Å². The number of nitrogens with zero attached hydrogens (tertiary/aromatic N) is 2. The third-order valence-corrected chi connectivity index (χ3v) is 2.48. The van der Waals surface area contributed by atoms with Crippen molar-refractivity contribution in [1.29, 1.82) is 0 Å². The van der Waals surface area contributed by atoms with E-state index in [0.29, 0.717) is 18.3 Å². The normalized spacial score (nSPS) is 26.0. The molecular formula is C9H15N3O3. The maximum atomic E-state index is 5.24. The first-order valence-corrected chi connectivity index (χ1v) is 4.91. The SMILES string of the molecule is COCc1noc([C@H]2C[C@H](OC)CN2)n1. The van der Waals surface area contributed by atoms with Gasteiger partial charge in [-0.2, -0.15) is 4.98 Å². The van der Waals surface area contributed by atoms with Crippen LogP contribution < -0.4 is 5.32 Å². The highest BCUT2D eigenvalue weighted by atomic mass is 16.5. The Bertz CT molecular complexity index is 315. The van der Waals surface area contributed by atoms with Crippen LogP contribution in [0.4, 0.5) is 0 Å². The molecule has 1 saturated heterocycles. The van der Waals surface area contributed by atoms with Crippen LogP contribution in [0.3, 0.4) is 0 Å². The molecule has 6 nitrogen and oxygen atoms in total. The number of hydrogen-bond acceptors (Lipinski definition) is 6. The van der Waals surface area contributed by atoms with E-state index in [1.165, 1.54) is 0 Å². The zero-order valence-corrected chi connectivity index (χ0v) is 8.90. The predicted molar refractivity (Wildman–Crippen MR) is 51.2 cm³/mol. The fourth-order valence-corrected chi connectivity index (χ4v) is 1.67. The van der Waals surface area contributed by atoms with Crippen LogP contribution in [0.5, 0.6) is 0 Å². The van der Waals surface area contributed by atoms with Gasteiger partial charge in [-0.3, -0.25) is 0 Å². The molecule has 2 rings (SSSR count). The van der Waals surface area contributed by atoms with Gasteiger partial charge in [-0.15, -0.1) is 0 Å². The fourth-order valence-electron chi connectivity index (χ4n) is 1.67. The average molecular weight is 213 g/mol. The lowest BCUT2D eigenvalue weighted by molar-refractivity contribution is 0.116. The molecule has 1 aliphatic rings. The summed E-state index contributed by atoms with van der Waals surface area (Å²) in [6, 6.07) is 0.105. The minimum absolute atomic E-state index is 0.105. The minimum atomic E-state index is 0.105. The molecule has 15 heavy (non-hydrogen) atoms. The van der Waals surface area contributed by atoms with Crippen LogP contribution in [0, 0.1) is 0 Å². The fraction of sp³-hybridized carbons (Fsp3) is 0.778. The lowest BCUT2D eigenvalue weighted by Gasteiger charge is -2.04. The van der Waals surface area contributed by atoms with Crippen molar-refractivity contribution in [2.75, 3.05) is 20.8 Å². The number of hydrogen-bond donors (Lipinski definition) is 1. The largest absolute Gasteiger partial charge is 0.380 e. The maximum absolute atomic E-state index is 5.24. The molecule has 2 heterocycles. The third-order valence-electron chi connectivity index (χ3n) is 2.48. The Morgan fingerprint density at radius 2 is 2.40 bits per heavy atom. The molecule has 1 aliphatic heterocycles. The van der Waals surface area contributed by atoms with Crippen molar-refractivity contribution in [3.05, 3.63) is 11.7 Å². The van der Waals surface area contributed by atoms with Crippen LogP contribution in [0.15, 0.2) is 4.52 Å². The number of aromatic nitrogens is 2. The van der Waals surface area contributed by atoms with Crippen LogP contribution >= 0.6 is 0 Å². The first-order chi connectivity index (χ1) is 7.33. The van der Waals surface area contributed by atoms with Crippen molar-refractivity contribution >= 4 is 0 Å². The summed E-state index contributed by atoms with van der Waals surface area (Å²) in [6.07, 6.45) is 1.10. The lowest BCUT2D eigenvalue weighted by atomic mass is 10.2. The van der Waals surface area contributed by atoms with Crippen molar-refractivity contribution < 1.29 is 14.0 Å². The summed E-state index contributed by atoms with van der Waals surface area (Å²) in [5.74, 6) is 1.19. The van der Waals surface area contributed by atoms with E-state index >= 15 is 0 Å². The van der Waals surface area contributed by atoms with E-state index in [2.05, 4.69) is 15.5 Å². The summed E-state index contributed by atoms with van der Waals surface area (Å²) < 4.78 is 15.3. The van der Waals surface area contributed by atoms with E-state index in [1.54, 1.807) is 14.2 Å². The first-order valence-electron chi connectivity index (χ1n) is 4.91. The summed E-state index contributed by atoms with van der Waals surface area (Å²) in [6.45, 7) is 1.20. The molecule has 1 fully saturated rings. The highest BCUT2D eigenvalue weighted by molar-refractivity contribution is 4.97. The topological polar surface area (TPSA) is 69.4 Å². The molecule has 0 amide bonds. The molecule has 84 valence electrons. The van der Waals surface area contributed by atoms with Gasteiger partial charge in [0.05, 0.1) is 12.1 Å². The zero-order valence-electron chi connectivity index (χ0n) is 8.90. The predicted octanol–water partition coefficient (Wildman–Crippen LogP) is 0.265. The van der Waals surface area contributed by atoms with Gasteiger partial charge >= 0.3 is 0 Å². The molecule has 0 aromatic carbocycles. The Balaban J connectivity index is 1.97. The van der Waals surface area contributed by atoms with Crippen LogP contribution in [0.25, 0.3) is 0 Å². The molecular weight excluding hydrogens is 198 g/mol. The van der Waals surface area contributed by atoms with Gasteiger partial charge in [-0.25, -0.2) is 0 Å². The van der Waals surface area contributed by atoms with Gasteiger partial charge < -0.3 is 19.3 Å². The molecule has 0 radical (unpaired) electrons. The van der Waals surface area contributed by atoms with E-state index in [0.717, 1.165) is 13.0 Å². The summed E-state index contributed by atoms with van der Waals surface area (Å²) in [7, 11) is 3.31. The van der Waals surface area contributed by atoms with E-state index in [-0.39, 0.29) is 12.1 Å². The highest BCUT2D eigenvalue weighted by Gasteiger charge is 2.29. The molecule has 1 aromatic heterocycles. The second-order valence-corrected chi connectivity index (χ2v) is 3.54. The average Bonchev–Trinajstić information content (AvgIpc) is 2.85. The van der Waals surface area contributed by atoms with E-state index in [9.17, 15) is 0 Å². The Morgan fingerprint density at radius 1 is 1.53 bits per heavy atom. The summed E-state index contributed by atoms with van der Waals surface area (Å²) >= 11 is 0. The number of ether oxygens (including phenoxy) is 2. The zero-order chi connectivity index (χ0) is 10.7. The molecule has 0 bridgehead atoms. The van der Waals surface area contributed by atoms with Crippen LogP contribution in [0.1, 0.15) is 24.2 Å². The Hall–Kier alpha value is -0.980. The lowest BCUT2D eigenvalue weighted by Crippen LogP contribution is -2.16. The molecule has 6 heteroatoms. The minimum Gasteiger partial charge on any atom is -0.380 e. The summed E-state index contributed by atoms with van der Waals surface area (Å²) in [5, 5.41) is 7.08. The van der Waals surface area contributed by atoms with Crippen molar-refractivity contribution in [2.45, 2.75) is 25.2 Å². The number of nitrogens with one attached hydrogen (secondary N) is 1. The summed E-state index contributed by atoms with van der Waals surface area (Å²) in [4.78, 5) is 4.23. The summed E-state index contributed by atoms with van der Waals surface area (Å²) in [5.41, 5.74) is 0. The van der Waals surface area contributed by atoms with Gasteiger partial charge in [0.15, 0.2) is 5.82 Å².